The Bertz CT molecular complexity index is 873. The largest absolute Gasteiger partial charge is 0.493 e. The summed E-state index contributed by atoms with van der Waals surface area (Å²) in [5.74, 6) is 2.01. The molecule has 0 aliphatic carbocycles. The quantitative estimate of drug-likeness (QED) is 0.672. The summed E-state index contributed by atoms with van der Waals surface area (Å²) < 4.78 is 12.5. The molecule has 0 saturated heterocycles. The minimum atomic E-state index is -0.131. The number of fused-ring (bicyclic) bond motifs is 1. The minimum Gasteiger partial charge on any atom is -0.493 e. The van der Waals surface area contributed by atoms with Gasteiger partial charge in [-0.2, -0.15) is 0 Å². The molecular formula is C19H21N3O3. The molecule has 0 spiro atoms. The summed E-state index contributed by atoms with van der Waals surface area (Å²) in [6.07, 6.45) is 5.47. The third-order valence-corrected chi connectivity index (χ3v) is 4.02. The summed E-state index contributed by atoms with van der Waals surface area (Å²) in [7, 11) is 3.12. The number of carbonyl (C=O) groups excluding carboxylic acids is 1. The Hall–Kier alpha value is -3.02. The van der Waals surface area contributed by atoms with E-state index in [1.807, 2.05) is 30.6 Å². The van der Waals surface area contributed by atoms with Gasteiger partial charge in [-0.3, -0.25) is 4.79 Å². The van der Waals surface area contributed by atoms with E-state index in [2.05, 4.69) is 14.7 Å². The van der Waals surface area contributed by atoms with E-state index in [4.69, 9.17) is 9.47 Å². The number of aryl methyl sites for hydroxylation is 1. The molecule has 3 aromatic rings. The van der Waals surface area contributed by atoms with Crippen LogP contribution in [0.5, 0.6) is 11.5 Å². The Morgan fingerprint density at radius 1 is 1.16 bits per heavy atom. The number of imidazole rings is 1. The van der Waals surface area contributed by atoms with Crippen LogP contribution in [0.25, 0.3) is 5.52 Å². The van der Waals surface area contributed by atoms with Crippen molar-refractivity contribution < 1.29 is 14.3 Å². The molecule has 1 amide bonds. The summed E-state index contributed by atoms with van der Waals surface area (Å²) in [5.41, 5.74) is 1.62. The van der Waals surface area contributed by atoms with Crippen molar-refractivity contribution in [1.29, 1.82) is 0 Å². The number of benzene rings is 1. The number of pyridine rings is 1. The van der Waals surface area contributed by atoms with Crippen molar-refractivity contribution in [2.75, 3.05) is 20.8 Å². The van der Waals surface area contributed by atoms with Crippen LogP contribution < -0.4 is 14.8 Å². The topological polar surface area (TPSA) is 64.9 Å². The van der Waals surface area contributed by atoms with E-state index in [9.17, 15) is 4.79 Å². The first kappa shape index (κ1) is 16.8. The molecule has 2 heterocycles. The van der Waals surface area contributed by atoms with Crippen molar-refractivity contribution in [3.63, 3.8) is 0 Å². The van der Waals surface area contributed by atoms with Gasteiger partial charge in [-0.15, -0.1) is 0 Å². The molecule has 0 atom stereocenters. The van der Waals surface area contributed by atoms with Crippen LogP contribution in [-0.4, -0.2) is 36.1 Å². The number of nitrogens with one attached hydrogen (secondary N) is 1. The maximum absolute atomic E-state index is 12.3. The maximum atomic E-state index is 12.3. The highest BCUT2D eigenvalue weighted by molar-refractivity contribution is 5.94. The number of aromatic nitrogens is 2. The van der Waals surface area contributed by atoms with Crippen molar-refractivity contribution in [2.24, 2.45) is 0 Å². The Morgan fingerprint density at radius 2 is 2.00 bits per heavy atom. The fourth-order valence-corrected chi connectivity index (χ4v) is 2.71. The van der Waals surface area contributed by atoms with Gasteiger partial charge < -0.3 is 19.2 Å². The van der Waals surface area contributed by atoms with E-state index >= 15 is 0 Å². The van der Waals surface area contributed by atoms with Crippen LogP contribution in [0.3, 0.4) is 0 Å². The second kappa shape index (κ2) is 7.70. The van der Waals surface area contributed by atoms with Gasteiger partial charge in [-0.1, -0.05) is 6.07 Å². The summed E-state index contributed by atoms with van der Waals surface area (Å²) in [6, 6.07) is 11.1. The molecule has 6 nitrogen and oxygen atoms in total. The smallest absolute Gasteiger partial charge is 0.251 e. The molecule has 0 radical (unpaired) electrons. The van der Waals surface area contributed by atoms with Gasteiger partial charge >= 0.3 is 0 Å². The lowest BCUT2D eigenvalue weighted by Gasteiger charge is -2.10. The molecule has 1 aromatic carbocycles. The first-order valence-corrected chi connectivity index (χ1v) is 8.14. The van der Waals surface area contributed by atoms with Crippen molar-refractivity contribution in [1.82, 2.24) is 14.7 Å². The zero-order valence-corrected chi connectivity index (χ0v) is 14.4. The molecule has 0 aliphatic heterocycles. The van der Waals surface area contributed by atoms with Crippen LogP contribution >= 0.6 is 0 Å². The SMILES string of the molecule is COc1ccc(C(=O)NCCCc2ncc3ccccn23)cc1OC. The normalized spacial score (nSPS) is 10.6. The van der Waals surface area contributed by atoms with Crippen molar-refractivity contribution in [3.8, 4) is 11.5 Å². The van der Waals surface area contributed by atoms with Crippen LogP contribution in [0.4, 0.5) is 0 Å². The van der Waals surface area contributed by atoms with Gasteiger partial charge in [0.15, 0.2) is 11.5 Å². The van der Waals surface area contributed by atoms with Gasteiger partial charge in [0.25, 0.3) is 5.91 Å². The molecule has 0 saturated carbocycles. The zero-order chi connectivity index (χ0) is 17.6. The average molecular weight is 339 g/mol. The molecule has 130 valence electrons. The standard InChI is InChI=1S/C19H21N3O3/c1-24-16-9-8-14(12-17(16)25-2)19(23)20-10-5-7-18-21-13-15-6-3-4-11-22(15)18/h3-4,6,8-9,11-13H,5,7,10H2,1-2H3,(H,20,23). The number of carbonyl (C=O) groups is 1. The fourth-order valence-electron chi connectivity index (χ4n) is 2.71. The van der Waals surface area contributed by atoms with Gasteiger partial charge in [0.1, 0.15) is 5.82 Å². The van der Waals surface area contributed by atoms with E-state index in [1.54, 1.807) is 32.4 Å². The van der Waals surface area contributed by atoms with Gasteiger partial charge in [0.05, 0.1) is 25.9 Å². The fraction of sp³-hybridized carbons (Fsp3) is 0.263. The predicted molar refractivity (Wildman–Crippen MR) is 95.4 cm³/mol. The van der Waals surface area contributed by atoms with Gasteiger partial charge in [0, 0.05) is 24.7 Å². The molecule has 1 N–H and O–H groups in total. The summed E-state index contributed by atoms with van der Waals surface area (Å²) >= 11 is 0. The molecule has 3 rings (SSSR count). The van der Waals surface area contributed by atoms with E-state index in [0.717, 1.165) is 24.2 Å². The summed E-state index contributed by atoms with van der Waals surface area (Å²) in [6.45, 7) is 0.578. The Kier molecular flexibility index (Phi) is 5.18. The highest BCUT2D eigenvalue weighted by atomic mass is 16.5. The molecule has 0 bridgehead atoms. The summed E-state index contributed by atoms with van der Waals surface area (Å²) in [4.78, 5) is 16.7. The zero-order valence-electron chi connectivity index (χ0n) is 14.4. The van der Waals surface area contributed by atoms with E-state index in [1.165, 1.54) is 0 Å². The third kappa shape index (κ3) is 3.74. The van der Waals surface area contributed by atoms with Gasteiger partial charge in [-0.05, 0) is 36.8 Å². The minimum absolute atomic E-state index is 0.131. The lowest BCUT2D eigenvalue weighted by atomic mass is 10.2. The van der Waals surface area contributed by atoms with E-state index < -0.39 is 0 Å². The van der Waals surface area contributed by atoms with E-state index in [0.29, 0.717) is 23.6 Å². The monoisotopic (exact) mass is 339 g/mol. The van der Waals surface area contributed by atoms with Crippen LogP contribution in [-0.2, 0) is 6.42 Å². The number of amides is 1. The number of ether oxygens (including phenoxy) is 2. The number of nitrogens with zero attached hydrogens (tertiary/aromatic N) is 2. The van der Waals surface area contributed by atoms with Crippen LogP contribution in [0.15, 0.2) is 48.8 Å². The first-order valence-electron chi connectivity index (χ1n) is 8.14. The van der Waals surface area contributed by atoms with Crippen molar-refractivity contribution in [3.05, 3.63) is 60.2 Å². The second-order valence-corrected chi connectivity index (χ2v) is 5.60. The number of rotatable bonds is 7. The third-order valence-electron chi connectivity index (χ3n) is 4.02. The van der Waals surface area contributed by atoms with Gasteiger partial charge in [-0.25, -0.2) is 4.98 Å². The molecule has 25 heavy (non-hydrogen) atoms. The predicted octanol–water partition coefficient (Wildman–Crippen LogP) is 2.71. The van der Waals surface area contributed by atoms with Crippen LogP contribution in [0.1, 0.15) is 22.6 Å². The first-order chi connectivity index (χ1) is 12.2. The molecule has 6 heteroatoms. The highest BCUT2D eigenvalue weighted by Gasteiger charge is 2.10. The highest BCUT2D eigenvalue weighted by Crippen LogP contribution is 2.27. The van der Waals surface area contributed by atoms with Crippen molar-refractivity contribution in [2.45, 2.75) is 12.8 Å². The summed E-state index contributed by atoms with van der Waals surface area (Å²) in [5, 5.41) is 2.93. The molecule has 2 aromatic heterocycles. The van der Waals surface area contributed by atoms with Gasteiger partial charge in [0.2, 0.25) is 0 Å². The Balaban J connectivity index is 1.54. The maximum Gasteiger partial charge on any atom is 0.251 e. The van der Waals surface area contributed by atoms with Crippen LogP contribution in [0.2, 0.25) is 0 Å². The van der Waals surface area contributed by atoms with E-state index in [-0.39, 0.29) is 5.91 Å². The molecule has 0 unspecified atom stereocenters. The number of methoxy groups -OCH3 is 2. The lowest BCUT2D eigenvalue weighted by Crippen LogP contribution is -2.25. The average Bonchev–Trinajstić information content (AvgIpc) is 3.07. The number of hydrogen-bond acceptors (Lipinski definition) is 4. The second-order valence-electron chi connectivity index (χ2n) is 5.60. The number of hydrogen-bond donors (Lipinski definition) is 1. The van der Waals surface area contributed by atoms with Crippen LogP contribution in [0, 0.1) is 0 Å². The van der Waals surface area contributed by atoms with Crippen molar-refractivity contribution >= 4 is 11.4 Å². The molecular weight excluding hydrogens is 318 g/mol. The molecule has 0 fully saturated rings. The molecule has 0 aliphatic rings. The Labute approximate surface area is 146 Å². The Morgan fingerprint density at radius 3 is 2.80 bits per heavy atom. The lowest BCUT2D eigenvalue weighted by molar-refractivity contribution is 0.0952.